The number of fused-ring (bicyclic) bond motifs is 1. The average Bonchev–Trinajstić information content (AvgIpc) is 2.39. The molecule has 3 nitrogen and oxygen atoms in total. The highest BCUT2D eigenvalue weighted by atomic mass is 16.4. The summed E-state index contributed by atoms with van der Waals surface area (Å²) in [6.07, 6.45) is 0.583. The van der Waals surface area contributed by atoms with Crippen molar-refractivity contribution >= 4 is 16.7 Å². The Morgan fingerprint density at radius 2 is 1.94 bits per heavy atom. The summed E-state index contributed by atoms with van der Waals surface area (Å²) < 4.78 is 0. The summed E-state index contributed by atoms with van der Waals surface area (Å²) in [5.74, 6) is -0.794. The Morgan fingerprint density at radius 1 is 1.22 bits per heavy atom. The maximum absolute atomic E-state index is 11.0. The van der Waals surface area contributed by atoms with E-state index >= 15 is 0 Å². The van der Waals surface area contributed by atoms with Crippen molar-refractivity contribution in [2.75, 3.05) is 0 Å². The van der Waals surface area contributed by atoms with E-state index in [1.165, 1.54) is 10.8 Å². The molecule has 3 heteroatoms. The zero-order valence-corrected chi connectivity index (χ0v) is 10.4. The van der Waals surface area contributed by atoms with E-state index in [1.54, 1.807) is 0 Å². The number of aliphatic carboxylic acids is 1. The zero-order chi connectivity index (χ0) is 13.0. The van der Waals surface area contributed by atoms with Crippen LogP contribution in [0.15, 0.2) is 42.5 Å². The molecule has 2 rings (SSSR count). The molecule has 2 aromatic rings. The molecule has 0 saturated carbocycles. The second kappa shape index (κ2) is 5.65. The van der Waals surface area contributed by atoms with Gasteiger partial charge < -0.3 is 10.4 Å². The van der Waals surface area contributed by atoms with Gasteiger partial charge in [0, 0.05) is 6.54 Å². The maximum Gasteiger partial charge on any atom is 0.320 e. The van der Waals surface area contributed by atoms with E-state index < -0.39 is 12.0 Å². The average molecular weight is 243 g/mol. The molecule has 0 fully saturated rings. The van der Waals surface area contributed by atoms with Crippen molar-refractivity contribution < 1.29 is 9.90 Å². The number of carboxylic acids is 1. The molecule has 94 valence electrons. The molecule has 1 unspecified atom stereocenters. The van der Waals surface area contributed by atoms with E-state index in [1.807, 2.05) is 31.2 Å². The molecular weight excluding hydrogens is 226 g/mol. The Balaban J connectivity index is 2.19. The first-order chi connectivity index (χ1) is 8.72. The van der Waals surface area contributed by atoms with Gasteiger partial charge in [0.2, 0.25) is 0 Å². The fourth-order valence-electron chi connectivity index (χ4n) is 2.09. The lowest BCUT2D eigenvalue weighted by Crippen LogP contribution is -2.35. The van der Waals surface area contributed by atoms with Gasteiger partial charge in [-0.1, -0.05) is 49.4 Å². The van der Waals surface area contributed by atoms with Crippen LogP contribution in [0.2, 0.25) is 0 Å². The van der Waals surface area contributed by atoms with Gasteiger partial charge in [-0.25, -0.2) is 0 Å². The Labute approximate surface area is 106 Å². The highest BCUT2D eigenvalue weighted by Crippen LogP contribution is 2.18. The third-order valence-corrected chi connectivity index (χ3v) is 3.13. The SMILES string of the molecule is CCC(NCc1cccc2ccccc12)C(=O)O. The first-order valence-corrected chi connectivity index (χ1v) is 6.15. The van der Waals surface area contributed by atoms with E-state index in [2.05, 4.69) is 23.5 Å². The van der Waals surface area contributed by atoms with E-state index in [9.17, 15) is 4.79 Å². The van der Waals surface area contributed by atoms with Crippen LogP contribution in [0.5, 0.6) is 0 Å². The highest BCUT2D eigenvalue weighted by Gasteiger charge is 2.13. The summed E-state index contributed by atoms with van der Waals surface area (Å²) in [5, 5.41) is 14.4. The lowest BCUT2D eigenvalue weighted by atomic mass is 10.0. The molecule has 2 N–H and O–H groups in total. The van der Waals surface area contributed by atoms with Crippen LogP contribution in [-0.2, 0) is 11.3 Å². The largest absolute Gasteiger partial charge is 0.480 e. The van der Waals surface area contributed by atoms with Crippen LogP contribution in [0.1, 0.15) is 18.9 Å². The molecule has 0 radical (unpaired) electrons. The lowest BCUT2D eigenvalue weighted by molar-refractivity contribution is -0.139. The van der Waals surface area contributed by atoms with Gasteiger partial charge in [-0.3, -0.25) is 4.79 Å². The molecule has 2 aromatic carbocycles. The molecule has 0 spiro atoms. The van der Waals surface area contributed by atoms with Crippen LogP contribution in [-0.4, -0.2) is 17.1 Å². The second-order valence-corrected chi connectivity index (χ2v) is 4.32. The van der Waals surface area contributed by atoms with Crippen LogP contribution in [0, 0.1) is 0 Å². The molecule has 0 aromatic heterocycles. The van der Waals surface area contributed by atoms with Crippen molar-refractivity contribution in [3.63, 3.8) is 0 Å². The van der Waals surface area contributed by atoms with Crippen LogP contribution >= 0.6 is 0 Å². The normalized spacial score (nSPS) is 12.5. The summed E-state index contributed by atoms with van der Waals surface area (Å²) in [7, 11) is 0. The minimum absolute atomic E-state index is 0.482. The lowest BCUT2D eigenvalue weighted by Gasteiger charge is -2.13. The number of carbonyl (C=O) groups is 1. The van der Waals surface area contributed by atoms with Crippen LogP contribution in [0.25, 0.3) is 10.8 Å². The van der Waals surface area contributed by atoms with Gasteiger partial charge in [0.25, 0.3) is 0 Å². The molecule has 0 amide bonds. The number of nitrogens with one attached hydrogen (secondary N) is 1. The number of carboxylic acid groups (broad SMARTS) is 1. The Morgan fingerprint density at radius 3 is 2.67 bits per heavy atom. The van der Waals surface area contributed by atoms with Crippen molar-refractivity contribution in [3.05, 3.63) is 48.0 Å². The van der Waals surface area contributed by atoms with Gasteiger partial charge in [0.1, 0.15) is 6.04 Å². The first-order valence-electron chi connectivity index (χ1n) is 6.15. The molecule has 0 saturated heterocycles. The minimum atomic E-state index is -0.794. The third kappa shape index (κ3) is 2.68. The highest BCUT2D eigenvalue weighted by molar-refractivity contribution is 5.85. The van der Waals surface area contributed by atoms with E-state index in [4.69, 9.17) is 5.11 Å². The van der Waals surface area contributed by atoms with Crippen molar-refractivity contribution in [3.8, 4) is 0 Å². The summed E-state index contributed by atoms with van der Waals surface area (Å²) in [4.78, 5) is 11.0. The van der Waals surface area contributed by atoms with Crippen molar-refractivity contribution in [1.82, 2.24) is 5.32 Å². The third-order valence-electron chi connectivity index (χ3n) is 3.13. The van der Waals surface area contributed by atoms with Crippen molar-refractivity contribution in [1.29, 1.82) is 0 Å². The fourth-order valence-corrected chi connectivity index (χ4v) is 2.09. The van der Waals surface area contributed by atoms with Gasteiger partial charge in [0.05, 0.1) is 0 Å². The molecular formula is C15H17NO2. The van der Waals surface area contributed by atoms with Crippen molar-refractivity contribution in [2.45, 2.75) is 25.9 Å². The van der Waals surface area contributed by atoms with Crippen LogP contribution < -0.4 is 5.32 Å². The standard InChI is InChI=1S/C15H17NO2/c1-2-14(15(17)18)16-10-12-8-5-7-11-6-3-4-9-13(11)12/h3-9,14,16H,2,10H2,1H3,(H,17,18). The molecule has 0 aliphatic carbocycles. The summed E-state index contributed by atoms with van der Waals surface area (Å²) >= 11 is 0. The molecule has 18 heavy (non-hydrogen) atoms. The molecule has 0 aliphatic heterocycles. The number of hydrogen-bond donors (Lipinski definition) is 2. The zero-order valence-electron chi connectivity index (χ0n) is 10.4. The van der Waals surface area contributed by atoms with E-state index in [-0.39, 0.29) is 0 Å². The summed E-state index contributed by atoms with van der Waals surface area (Å²) in [6.45, 7) is 2.45. The monoisotopic (exact) mass is 243 g/mol. The molecule has 1 atom stereocenters. The topological polar surface area (TPSA) is 49.3 Å². The number of hydrogen-bond acceptors (Lipinski definition) is 2. The predicted octanol–water partition coefficient (Wildman–Crippen LogP) is 2.79. The molecule has 0 aliphatic rings. The van der Waals surface area contributed by atoms with Crippen molar-refractivity contribution in [2.24, 2.45) is 0 Å². The molecule has 0 bridgehead atoms. The van der Waals surface area contributed by atoms with Crippen LogP contribution in [0.4, 0.5) is 0 Å². The van der Waals surface area contributed by atoms with Gasteiger partial charge in [-0.2, -0.15) is 0 Å². The minimum Gasteiger partial charge on any atom is -0.480 e. The van der Waals surface area contributed by atoms with Gasteiger partial charge in [0.15, 0.2) is 0 Å². The second-order valence-electron chi connectivity index (χ2n) is 4.32. The maximum atomic E-state index is 11.0. The number of benzene rings is 2. The predicted molar refractivity (Wildman–Crippen MR) is 72.5 cm³/mol. The Hall–Kier alpha value is -1.87. The fraction of sp³-hybridized carbons (Fsp3) is 0.267. The van der Waals surface area contributed by atoms with Crippen LogP contribution in [0.3, 0.4) is 0 Å². The first kappa shape index (κ1) is 12.6. The number of rotatable bonds is 5. The van der Waals surface area contributed by atoms with E-state index in [0.29, 0.717) is 13.0 Å². The van der Waals surface area contributed by atoms with Gasteiger partial charge in [-0.05, 0) is 22.8 Å². The quantitative estimate of drug-likeness (QED) is 0.849. The van der Waals surface area contributed by atoms with Gasteiger partial charge in [-0.15, -0.1) is 0 Å². The summed E-state index contributed by atoms with van der Waals surface area (Å²) in [6, 6.07) is 13.7. The van der Waals surface area contributed by atoms with Gasteiger partial charge >= 0.3 is 5.97 Å². The molecule has 0 heterocycles. The van der Waals surface area contributed by atoms with E-state index in [0.717, 1.165) is 5.56 Å². The smallest absolute Gasteiger partial charge is 0.320 e. The Bertz CT molecular complexity index is 546. The Kier molecular flexibility index (Phi) is 3.95. The summed E-state index contributed by atoms with van der Waals surface area (Å²) in [5.41, 5.74) is 1.13.